The van der Waals surface area contributed by atoms with Crippen molar-refractivity contribution >= 4 is 12.0 Å². The molecule has 9 heavy (non-hydrogen) atoms. The van der Waals surface area contributed by atoms with Crippen molar-refractivity contribution in [3.8, 4) is 0 Å². The smallest absolute Gasteiger partial charge is 0.174 e. The van der Waals surface area contributed by atoms with Gasteiger partial charge in [0.2, 0.25) is 0 Å². The first-order valence-electron chi connectivity index (χ1n) is 2.90. The van der Waals surface area contributed by atoms with E-state index in [9.17, 15) is 4.79 Å². The molecule has 0 fully saturated rings. The highest BCUT2D eigenvalue weighted by molar-refractivity contribution is 5.76. The lowest BCUT2D eigenvalue weighted by Gasteiger charge is -1.90. The summed E-state index contributed by atoms with van der Waals surface area (Å²) in [6.45, 7) is 3.48. The molecular weight excluding hydrogens is 118 g/mol. The second-order valence-electron chi connectivity index (χ2n) is 1.67. The van der Waals surface area contributed by atoms with Crippen molar-refractivity contribution < 1.29 is 9.63 Å². The van der Waals surface area contributed by atoms with Gasteiger partial charge in [0.05, 0.1) is 0 Å². The summed E-state index contributed by atoms with van der Waals surface area (Å²) in [4.78, 5) is 14.8. The molecule has 0 radical (unpaired) electrons. The number of ketones is 1. The number of nitrogens with zero attached hydrogens (tertiary/aromatic N) is 1. The van der Waals surface area contributed by atoms with Gasteiger partial charge in [0.25, 0.3) is 0 Å². The highest BCUT2D eigenvalue weighted by Gasteiger charge is 1.87. The van der Waals surface area contributed by atoms with E-state index in [1.807, 2.05) is 6.92 Å². The normalized spacial score (nSPS) is 10.0. The van der Waals surface area contributed by atoms with Crippen molar-refractivity contribution in [1.82, 2.24) is 0 Å². The van der Waals surface area contributed by atoms with Crippen molar-refractivity contribution in [1.29, 1.82) is 0 Å². The Labute approximate surface area is 54.7 Å². The predicted octanol–water partition coefficient (Wildman–Crippen LogP) is 0.988. The van der Waals surface area contributed by atoms with Gasteiger partial charge in [0.1, 0.15) is 0 Å². The quantitative estimate of drug-likeness (QED) is 0.419. The van der Waals surface area contributed by atoms with Crippen LogP contribution < -0.4 is 0 Å². The van der Waals surface area contributed by atoms with Crippen LogP contribution in [-0.4, -0.2) is 18.6 Å². The van der Waals surface area contributed by atoms with Crippen molar-refractivity contribution in [2.45, 2.75) is 20.3 Å². The van der Waals surface area contributed by atoms with E-state index in [1.165, 1.54) is 6.92 Å². The van der Waals surface area contributed by atoms with E-state index in [4.69, 9.17) is 0 Å². The fraction of sp³-hybridized carbons (Fsp3) is 0.667. The van der Waals surface area contributed by atoms with E-state index in [0.717, 1.165) is 6.42 Å². The van der Waals surface area contributed by atoms with Crippen LogP contribution in [0, 0.1) is 0 Å². The standard InChI is InChI=1S/C6H11NO2/c1-3-4-7-9-5-6(2)8/h4H,3,5H2,1-2H3/b7-4+. The van der Waals surface area contributed by atoms with Crippen molar-refractivity contribution in [2.24, 2.45) is 5.16 Å². The Hall–Kier alpha value is -0.860. The van der Waals surface area contributed by atoms with E-state index in [1.54, 1.807) is 6.21 Å². The van der Waals surface area contributed by atoms with Crippen LogP contribution >= 0.6 is 0 Å². The molecular formula is C6H11NO2. The molecule has 0 aliphatic heterocycles. The number of carbonyl (C=O) groups is 1. The van der Waals surface area contributed by atoms with Crippen molar-refractivity contribution in [2.75, 3.05) is 6.61 Å². The van der Waals surface area contributed by atoms with E-state index in [2.05, 4.69) is 9.99 Å². The third kappa shape index (κ3) is 7.14. The summed E-state index contributed by atoms with van der Waals surface area (Å²) < 4.78 is 0. The zero-order chi connectivity index (χ0) is 7.11. The van der Waals surface area contributed by atoms with E-state index in [-0.39, 0.29) is 12.4 Å². The van der Waals surface area contributed by atoms with Gasteiger partial charge in [0, 0.05) is 6.21 Å². The highest BCUT2D eigenvalue weighted by Crippen LogP contribution is 1.76. The van der Waals surface area contributed by atoms with E-state index >= 15 is 0 Å². The zero-order valence-electron chi connectivity index (χ0n) is 5.76. The van der Waals surface area contributed by atoms with Crippen LogP contribution in [0.1, 0.15) is 20.3 Å². The number of oxime groups is 1. The molecule has 0 aliphatic carbocycles. The summed E-state index contributed by atoms with van der Waals surface area (Å²) in [5.41, 5.74) is 0. The van der Waals surface area contributed by atoms with Gasteiger partial charge in [-0.15, -0.1) is 0 Å². The molecule has 0 aromatic heterocycles. The number of hydrogen-bond donors (Lipinski definition) is 0. The molecule has 0 saturated heterocycles. The van der Waals surface area contributed by atoms with Gasteiger partial charge in [-0.1, -0.05) is 12.1 Å². The third-order valence-electron chi connectivity index (χ3n) is 0.599. The first-order chi connectivity index (χ1) is 4.27. The summed E-state index contributed by atoms with van der Waals surface area (Å²) in [6, 6.07) is 0. The Morgan fingerprint density at radius 3 is 2.89 bits per heavy atom. The summed E-state index contributed by atoms with van der Waals surface area (Å²) in [5, 5.41) is 3.48. The van der Waals surface area contributed by atoms with Gasteiger partial charge in [-0.05, 0) is 13.3 Å². The first-order valence-corrected chi connectivity index (χ1v) is 2.90. The summed E-state index contributed by atoms with van der Waals surface area (Å²) in [7, 11) is 0. The molecule has 0 aromatic carbocycles. The largest absolute Gasteiger partial charge is 0.388 e. The lowest BCUT2D eigenvalue weighted by molar-refractivity contribution is -0.121. The molecule has 0 unspecified atom stereocenters. The maximum atomic E-state index is 10.2. The van der Waals surface area contributed by atoms with Crippen LogP contribution in [0.3, 0.4) is 0 Å². The van der Waals surface area contributed by atoms with Crippen molar-refractivity contribution in [3.05, 3.63) is 0 Å². The molecule has 0 amide bonds. The molecule has 0 N–H and O–H groups in total. The van der Waals surface area contributed by atoms with Gasteiger partial charge in [-0.3, -0.25) is 4.79 Å². The van der Waals surface area contributed by atoms with Crippen molar-refractivity contribution in [3.63, 3.8) is 0 Å². The Morgan fingerprint density at radius 2 is 2.44 bits per heavy atom. The molecule has 0 aliphatic rings. The van der Waals surface area contributed by atoms with Crippen LogP contribution in [0.5, 0.6) is 0 Å². The molecule has 0 heterocycles. The Balaban J connectivity index is 3.09. The molecule has 0 bridgehead atoms. The molecule has 0 aromatic rings. The second kappa shape index (κ2) is 5.28. The first kappa shape index (κ1) is 8.14. The number of rotatable bonds is 4. The highest BCUT2D eigenvalue weighted by atomic mass is 16.6. The lowest BCUT2D eigenvalue weighted by Crippen LogP contribution is -1.99. The number of hydrogen-bond acceptors (Lipinski definition) is 3. The minimum atomic E-state index is -0.0109. The lowest BCUT2D eigenvalue weighted by atomic mass is 10.5. The molecule has 0 spiro atoms. The van der Waals surface area contributed by atoms with Gasteiger partial charge < -0.3 is 4.84 Å². The monoisotopic (exact) mass is 129 g/mol. The molecule has 3 heteroatoms. The minimum absolute atomic E-state index is 0.0109. The van der Waals surface area contributed by atoms with Crippen LogP contribution in [-0.2, 0) is 9.63 Å². The number of carbonyl (C=O) groups excluding carboxylic acids is 1. The molecule has 3 nitrogen and oxygen atoms in total. The Bertz CT molecular complexity index is 110. The number of Topliss-reactive ketones (excluding diaryl/α,β-unsaturated/α-hetero) is 1. The third-order valence-corrected chi connectivity index (χ3v) is 0.599. The Kier molecular flexibility index (Phi) is 4.78. The average Bonchev–Trinajstić information content (AvgIpc) is 1.80. The summed E-state index contributed by atoms with van der Waals surface area (Å²) in [6.07, 6.45) is 2.45. The molecule has 0 saturated carbocycles. The minimum Gasteiger partial charge on any atom is -0.388 e. The predicted molar refractivity (Wildman–Crippen MR) is 35.4 cm³/mol. The van der Waals surface area contributed by atoms with Crippen LogP contribution in [0.2, 0.25) is 0 Å². The fourth-order valence-electron chi connectivity index (χ4n) is 0.255. The fourth-order valence-corrected chi connectivity index (χ4v) is 0.255. The summed E-state index contributed by atoms with van der Waals surface area (Å²) in [5.74, 6) is -0.0109. The van der Waals surface area contributed by atoms with Gasteiger partial charge >= 0.3 is 0 Å². The molecule has 0 rings (SSSR count). The maximum Gasteiger partial charge on any atom is 0.174 e. The van der Waals surface area contributed by atoms with Gasteiger partial charge in [-0.25, -0.2) is 0 Å². The average molecular weight is 129 g/mol. The molecule has 52 valence electrons. The SMILES string of the molecule is CC/C=N/OCC(C)=O. The zero-order valence-corrected chi connectivity index (χ0v) is 5.76. The van der Waals surface area contributed by atoms with E-state index in [0.29, 0.717) is 0 Å². The second-order valence-corrected chi connectivity index (χ2v) is 1.67. The van der Waals surface area contributed by atoms with Crippen LogP contribution in [0.4, 0.5) is 0 Å². The van der Waals surface area contributed by atoms with Crippen LogP contribution in [0.15, 0.2) is 5.16 Å². The Morgan fingerprint density at radius 1 is 1.78 bits per heavy atom. The summed E-state index contributed by atoms with van der Waals surface area (Å²) >= 11 is 0. The molecule has 0 atom stereocenters. The van der Waals surface area contributed by atoms with Gasteiger partial charge in [0.15, 0.2) is 12.4 Å². The van der Waals surface area contributed by atoms with Gasteiger partial charge in [-0.2, -0.15) is 0 Å². The maximum absolute atomic E-state index is 10.2. The van der Waals surface area contributed by atoms with E-state index < -0.39 is 0 Å². The van der Waals surface area contributed by atoms with Crippen LogP contribution in [0.25, 0.3) is 0 Å². The topological polar surface area (TPSA) is 38.7 Å².